The molecule has 2 unspecified atom stereocenters. The van der Waals surface area contributed by atoms with E-state index < -0.39 is 77.4 Å². The van der Waals surface area contributed by atoms with Crippen molar-refractivity contribution in [3.05, 3.63) is 92.9 Å². The van der Waals surface area contributed by atoms with E-state index in [9.17, 15) is 63.5 Å². The largest absolute Gasteiger partial charge is 0.491 e. The number of carbonyl (C=O) groups is 5. The molecule has 0 radical (unpaired) electrons. The number of hydrogen-bond donors (Lipinski definition) is 1. The number of rotatable bonds is 12. The summed E-state index contributed by atoms with van der Waals surface area (Å²) >= 11 is 24.4. The summed E-state index contributed by atoms with van der Waals surface area (Å²) in [6.45, 7) is 18.0. The standard InChI is InChI=1S/C20H25Cl2F3N2O3.C18H26Cl2N2O2.C4F6O3/c1-7-10-19(12-26(5)16(28)20(23,24)25,13-8-9-14(21)15(22)11-13)27(6)17(29)30-18(2,3)4;1-7-10-18(12-21-5,13-8-9-14(19)15(20)11-13)22(6)16(23)24-17(2,3)4;5-3(6,7)1(11)13-2(12)4(8,9)10/h7-9,11H,1,10,12H2,2-6H3;7-9,11,21H,1,10,12H2,2-6H3;. The Hall–Kier alpha value is -4.44. The molecule has 2 atom stereocenters. The summed E-state index contributed by atoms with van der Waals surface area (Å²) in [4.78, 5) is 59.9. The van der Waals surface area contributed by atoms with Gasteiger partial charge in [-0.05, 0) is 96.8 Å². The summed E-state index contributed by atoms with van der Waals surface area (Å²) in [5.41, 5.74) is -2.34. The normalized spacial score (nSPS) is 13.7. The second-order valence-corrected chi connectivity index (χ2v) is 17.9. The third-order valence-electron chi connectivity index (χ3n) is 8.70. The minimum absolute atomic E-state index is 0.0101. The molecule has 0 saturated carbocycles. The van der Waals surface area contributed by atoms with E-state index in [4.69, 9.17) is 55.9 Å². The number of likely N-dealkylation sites (N-methyl/N-ethyl adjacent to an activating group) is 4. The van der Waals surface area contributed by atoms with Crippen molar-refractivity contribution in [2.75, 3.05) is 41.3 Å². The maximum atomic E-state index is 13.0. The quantitative estimate of drug-likeness (QED) is 0.0725. The number of carbonyl (C=O) groups excluding carboxylic acids is 5. The Morgan fingerprint density at radius 1 is 0.597 bits per heavy atom. The van der Waals surface area contributed by atoms with Crippen LogP contribution in [0.25, 0.3) is 0 Å². The molecule has 0 saturated heterocycles. The number of benzene rings is 2. The Bertz CT molecular complexity index is 2050. The minimum atomic E-state index is -5.62. The maximum Gasteiger partial charge on any atom is 0.491 e. The van der Waals surface area contributed by atoms with Gasteiger partial charge in [-0.1, -0.05) is 70.7 Å². The third kappa shape index (κ3) is 19.2. The van der Waals surface area contributed by atoms with Crippen molar-refractivity contribution in [3.8, 4) is 0 Å². The molecule has 2 rings (SSSR count). The summed E-state index contributed by atoms with van der Waals surface area (Å²) in [6.07, 6.45) is -13.8. The second kappa shape index (κ2) is 24.7. The van der Waals surface area contributed by atoms with Gasteiger partial charge in [0.2, 0.25) is 0 Å². The summed E-state index contributed by atoms with van der Waals surface area (Å²) in [5.74, 6) is -8.45. The molecule has 0 aliphatic carbocycles. The number of amides is 3. The van der Waals surface area contributed by atoms with E-state index in [-0.39, 0.29) is 16.5 Å². The SMILES string of the molecule is C=CCC(CN(C)C(=O)C(F)(F)F)(c1ccc(Cl)c(Cl)c1)N(C)C(=O)OC(C)(C)C.C=CCC(CNC)(c1ccc(Cl)c(Cl)c1)N(C)C(=O)OC(C)(C)C.O=C(OC(=O)C(F)(F)F)C(F)(F)F. The van der Waals surface area contributed by atoms with E-state index in [0.29, 0.717) is 33.5 Å². The van der Waals surface area contributed by atoms with Crippen LogP contribution in [0.15, 0.2) is 61.7 Å². The number of hydrogen-bond acceptors (Lipinski definition) is 9. The van der Waals surface area contributed by atoms with Gasteiger partial charge < -0.3 is 24.4 Å². The van der Waals surface area contributed by atoms with Crippen LogP contribution in [0.2, 0.25) is 20.1 Å². The van der Waals surface area contributed by atoms with Crippen LogP contribution in [0.1, 0.15) is 65.5 Å². The van der Waals surface area contributed by atoms with E-state index in [2.05, 4.69) is 23.2 Å². The average Bonchev–Trinajstić information content (AvgIpc) is 3.16. The highest BCUT2D eigenvalue weighted by atomic mass is 35.5. The Morgan fingerprint density at radius 3 is 1.24 bits per heavy atom. The number of nitrogens with one attached hydrogen (secondary N) is 1. The van der Waals surface area contributed by atoms with Crippen molar-refractivity contribution in [2.45, 2.75) is 95.2 Å². The lowest BCUT2D eigenvalue weighted by molar-refractivity contribution is -0.221. The van der Waals surface area contributed by atoms with Crippen LogP contribution in [0, 0.1) is 0 Å². The van der Waals surface area contributed by atoms with E-state index in [1.165, 1.54) is 31.3 Å². The molecule has 378 valence electrons. The predicted molar refractivity (Wildman–Crippen MR) is 235 cm³/mol. The molecule has 1 N–H and O–H groups in total. The van der Waals surface area contributed by atoms with Gasteiger partial charge in [0.15, 0.2) is 0 Å². The number of esters is 2. The molecule has 3 amide bonds. The minimum Gasteiger partial charge on any atom is -0.444 e. The van der Waals surface area contributed by atoms with Gasteiger partial charge in [-0.3, -0.25) is 14.6 Å². The van der Waals surface area contributed by atoms with Crippen LogP contribution in [-0.4, -0.2) is 116 Å². The monoisotopic (exact) mass is 1050 g/mol. The first kappa shape index (κ1) is 62.6. The van der Waals surface area contributed by atoms with Crippen LogP contribution >= 0.6 is 46.4 Å². The highest BCUT2D eigenvalue weighted by molar-refractivity contribution is 6.42. The van der Waals surface area contributed by atoms with Gasteiger partial charge in [0.05, 0.1) is 31.2 Å². The summed E-state index contributed by atoms with van der Waals surface area (Å²) in [5, 5.41) is 4.43. The fraction of sp³-hybridized carbons (Fsp3) is 0.500. The molecule has 12 nitrogen and oxygen atoms in total. The summed E-state index contributed by atoms with van der Waals surface area (Å²) in [6, 6.07) is 9.83. The number of alkyl halides is 9. The molecule has 2 aromatic rings. The van der Waals surface area contributed by atoms with Gasteiger partial charge in [0.25, 0.3) is 0 Å². The molecular weight excluding hydrogens is 1000 g/mol. The second-order valence-electron chi connectivity index (χ2n) is 16.2. The highest BCUT2D eigenvalue weighted by Crippen LogP contribution is 2.39. The lowest BCUT2D eigenvalue weighted by Gasteiger charge is -2.44. The van der Waals surface area contributed by atoms with Crippen LogP contribution in [0.4, 0.5) is 49.1 Å². The number of ether oxygens (including phenoxy) is 3. The predicted octanol–water partition coefficient (Wildman–Crippen LogP) is 11.7. The van der Waals surface area contributed by atoms with E-state index in [0.717, 1.165) is 17.5 Å². The van der Waals surface area contributed by atoms with Crippen molar-refractivity contribution < 1.29 is 77.7 Å². The molecule has 0 bridgehead atoms. The maximum absolute atomic E-state index is 13.0. The Labute approximate surface area is 402 Å². The zero-order chi connectivity index (χ0) is 52.9. The molecule has 0 aliphatic heterocycles. The molecule has 0 fully saturated rings. The molecule has 67 heavy (non-hydrogen) atoms. The molecule has 2 aromatic carbocycles. The van der Waals surface area contributed by atoms with E-state index >= 15 is 0 Å². The van der Waals surface area contributed by atoms with E-state index in [1.807, 2.05) is 33.9 Å². The third-order valence-corrected chi connectivity index (χ3v) is 10.2. The zero-order valence-electron chi connectivity index (χ0n) is 37.9. The van der Waals surface area contributed by atoms with Gasteiger partial charge in [-0.15, -0.1) is 13.2 Å². The Balaban J connectivity index is 0.00000105. The van der Waals surface area contributed by atoms with Crippen molar-refractivity contribution >= 4 is 76.4 Å². The first-order valence-electron chi connectivity index (χ1n) is 19.1. The van der Waals surface area contributed by atoms with Crippen molar-refractivity contribution in [2.24, 2.45) is 0 Å². The molecule has 0 spiro atoms. The van der Waals surface area contributed by atoms with Crippen molar-refractivity contribution in [1.82, 2.24) is 20.0 Å². The van der Waals surface area contributed by atoms with Gasteiger partial charge in [0, 0.05) is 34.2 Å². The van der Waals surface area contributed by atoms with Gasteiger partial charge in [0.1, 0.15) is 11.2 Å². The molecule has 0 heterocycles. The first-order valence-corrected chi connectivity index (χ1v) is 20.6. The van der Waals surface area contributed by atoms with Gasteiger partial charge in [-0.25, -0.2) is 19.2 Å². The van der Waals surface area contributed by atoms with Crippen LogP contribution < -0.4 is 5.32 Å². The van der Waals surface area contributed by atoms with Gasteiger partial charge in [-0.2, -0.15) is 39.5 Å². The molecule has 0 aromatic heterocycles. The zero-order valence-corrected chi connectivity index (χ0v) is 40.9. The fourth-order valence-corrected chi connectivity index (χ4v) is 6.28. The van der Waals surface area contributed by atoms with Gasteiger partial charge >= 0.3 is 48.6 Å². The van der Waals surface area contributed by atoms with E-state index in [1.54, 1.807) is 50.9 Å². The summed E-state index contributed by atoms with van der Waals surface area (Å²) < 4.78 is 120. The van der Waals surface area contributed by atoms with Crippen molar-refractivity contribution in [1.29, 1.82) is 0 Å². The Kier molecular flexibility index (Phi) is 23.1. The van der Waals surface area contributed by atoms with Crippen molar-refractivity contribution in [3.63, 3.8) is 0 Å². The topological polar surface area (TPSA) is 135 Å². The molecule has 0 aliphatic rings. The molecule has 25 heteroatoms. The lowest BCUT2D eigenvalue weighted by Crippen LogP contribution is -2.56. The lowest BCUT2D eigenvalue weighted by atomic mass is 9.84. The first-order chi connectivity index (χ1) is 30.2. The summed E-state index contributed by atoms with van der Waals surface area (Å²) in [7, 11) is 5.94. The highest BCUT2D eigenvalue weighted by Gasteiger charge is 2.50. The average molecular weight is 1050 g/mol. The van der Waals surface area contributed by atoms with Crippen LogP contribution in [-0.2, 0) is 39.7 Å². The number of halogens is 13. The van der Waals surface area contributed by atoms with Crippen LogP contribution in [0.5, 0.6) is 0 Å². The smallest absolute Gasteiger partial charge is 0.444 e. The molecular formula is C42H51Cl4F9N4O8. The number of nitrogens with zero attached hydrogens (tertiary/aromatic N) is 3. The fourth-order valence-electron chi connectivity index (χ4n) is 5.68. The Morgan fingerprint density at radius 2 is 0.940 bits per heavy atom. The van der Waals surface area contributed by atoms with Crippen LogP contribution in [0.3, 0.4) is 0 Å².